The molecule has 2 N–H and O–H groups in total. The third-order valence-electron chi connectivity index (χ3n) is 4.30. The fourth-order valence-corrected chi connectivity index (χ4v) is 2.91. The molecule has 1 unspecified atom stereocenters. The molecule has 0 aliphatic carbocycles. The summed E-state index contributed by atoms with van der Waals surface area (Å²) < 4.78 is 0. The van der Waals surface area contributed by atoms with Crippen molar-refractivity contribution in [2.45, 2.75) is 38.3 Å². The lowest BCUT2D eigenvalue weighted by Crippen LogP contribution is -2.57. The summed E-state index contributed by atoms with van der Waals surface area (Å²) in [6.07, 6.45) is 3.10. The van der Waals surface area contributed by atoms with E-state index in [-0.39, 0.29) is 11.8 Å². The summed E-state index contributed by atoms with van der Waals surface area (Å²) in [6, 6.07) is 7.36. The average molecular weight is 303 g/mol. The monoisotopic (exact) mass is 303 g/mol. The largest absolute Gasteiger partial charge is 0.355 e. The summed E-state index contributed by atoms with van der Waals surface area (Å²) in [5, 5.41) is 5.95. The highest BCUT2D eigenvalue weighted by molar-refractivity contribution is 5.94. The molecule has 5 heteroatoms. The second-order valence-electron chi connectivity index (χ2n) is 6.15. The third kappa shape index (κ3) is 3.65. The van der Waals surface area contributed by atoms with Gasteiger partial charge in [0.25, 0.3) is 5.91 Å². The maximum absolute atomic E-state index is 12.6. The molecule has 0 spiro atoms. The molecule has 5 nitrogen and oxygen atoms in total. The summed E-state index contributed by atoms with van der Waals surface area (Å²) in [5.41, 5.74) is 1.19. The predicted octanol–water partition coefficient (Wildman–Crippen LogP) is 1.54. The number of likely N-dealkylation sites (N-methyl/N-ethyl adjacent to an activating group) is 1. The Kier molecular flexibility index (Phi) is 5.19. The van der Waals surface area contributed by atoms with Gasteiger partial charge in [0, 0.05) is 26.2 Å². The fraction of sp³-hybridized carbons (Fsp3) is 0.529. The number of carbonyl (C=O) groups is 2. The van der Waals surface area contributed by atoms with Crippen LogP contribution in [0.5, 0.6) is 0 Å². The van der Waals surface area contributed by atoms with Crippen molar-refractivity contribution in [3.8, 4) is 0 Å². The van der Waals surface area contributed by atoms with E-state index in [1.54, 1.807) is 24.1 Å². The first-order valence-electron chi connectivity index (χ1n) is 7.78. The van der Waals surface area contributed by atoms with Gasteiger partial charge in [0.2, 0.25) is 5.91 Å². The quantitative estimate of drug-likeness (QED) is 0.887. The summed E-state index contributed by atoms with van der Waals surface area (Å²) in [5.74, 6) is 0.0254. The van der Waals surface area contributed by atoms with Gasteiger partial charge in [0.15, 0.2) is 0 Å². The lowest BCUT2D eigenvalue weighted by molar-refractivity contribution is -0.137. The predicted molar refractivity (Wildman–Crippen MR) is 86.6 cm³/mol. The molecule has 22 heavy (non-hydrogen) atoms. The van der Waals surface area contributed by atoms with E-state index in [0.717, 1.165) is 31.4 Å². The first kappa shape index (κ1) is 16.5. The summed E-state index contributed by atoms with van der Waals surface area (Å²) in [6.45, 7) is 3.43. The maximum atomic E-state index is 12.6. The summed E-state index contributed by atoms with van der Waals surface area (Å²) in [4.78, 5) is 25.9. The zero-order valence-electron chi connectivity index (χ0n) is 13.6. The molecule has 1 atom stereocenters. The van der Waals surface area contributed by atoms with Crippen molar-refractivity contribution in [2.75, 3.05) is 20.6 Å². The van der Waals surface area contributed by atoms with Gasteiger partial charge in [-0.3, -0.25) is 9.59 Å². The number of nitrogens with zero attached hydrogens (tertiary/aromatic N) is 1. The fourth-order valence-electron chi connectivity index (χ4n) is 2.91. The molecule has 1 heterocycles. The van der Waals surface area contributed by atoms with Crippen molar-refractivity contribution in [3.05, 3.63) is 35.4 Å². The number of nitrogens with one attached hydrogen (secondary N) is 2. The van der Waals surface area contributed by atoms with Crippen LogP contribution < -0.4 is 10.6 Å². The van der Waals surface area contributed by atoms with E-state index in [1.807, 2.05) is 26.1 Å². The molecule has 2 amide bonds. The molecule has 1 saturated heterocycles. The molecule has 2 rings (SSSR count). The molecular formula is C17H25N3O2. The number of hydrogen-bond acceptors (Lipinski definition) is 3. The van der Waals surface area contributed by atoms with Crippen LogP contribution in [0.4, 0.5) is 0 Å². The molecule has 1 fully saturated rings. The molecule has 1 aromatic carbocycles. The summed E-state index contributed by atoms with van der Waals surface area (Å²) >= 11 is 0. The van der Waals surface area contributed by atoms with Crippen LogP contribution in [0.3, 0.4) is 0 Å². The zero-order valence-corrected chi connectivity index (χ0v) is 13.6. The number of benzene rings is 1. The number of piperidine rings is 1. The van der Waals surface area contributed by atoms with Crippen LogP contribution in [0.25, 0.3) is 0 Å². The maximum Gasteiger partial charge on any atom is 0.251 e. The van der Waals surface area contributed by atoms with Gasteiger partial charge in [-0.15, -0.1) is 0 Å². The lowest BCUT2D eigenvalue weighted by atomic mass is 9.89. The Morgan fingerprint density at radius 2 is 1.95 bits per heavy atom. The van der Waals surface area contributed by atoms with E-state index in [1.165, 1.54) is 0 Å². The molecule has 0 bridgehead atoms. The minimum Gasteiger partial charge on any atom is -0.355 e. The van der Waals surface area contributed by atoms with E-state index in [2.05, 4.69) is 10.6 Å². The molecule has 0 aromatic heterocycles. The first-order chi connectivity index (χ1) is 10.5. The van der Waals surface area contributed by atoms with E-state index in [4.69, 9.17) is 0 Å². The van der Waals surface area contributed by atoms with Crippen LogP contribution in [0.1, 0.15) is 42.1 Å². The highest BCUT2D eigenvalue weighted by atomic mass is 16.2. The highest BCUT2D eigenvalue weighted by Gasteiger charge is 2.36. The SMILES string of the molecule is CNC(=O)c1ccc(CN(C)C(=O)C2(C)CCCCN2)cc1. The van der Waals surface area contributed by atoms with E-state index < -0.39 is 5.54 Å². The van der Waals surface area contributed by atoms with E-state index in [0.29, 0.717) is 12.1 Å². The van der Waals surface area contributed by atoms with Crippen LogP contribution in [0, 0.1) is 0 Å². The number of amides is 2. The Labute approximate surface area is 132 Å². The molecule has 0 radical (unpaired) electrons. The normalized spacial score (nSPS) is 21.2. The molecule has 1 aliphatic rings. The third-order valence-corrected chi connectivity index (χ3v) is 4.30. The smallest absolute Gasteiger partial charge is 0.251 e. The Balaban J connectivity index is 2.00. The molecular weight excluding hydrogens is 278 g/mol. The standard InChI is InChI=1S/C17H25N3O2/c1-17(10-4-5-11-19-17)16(22)20(3)12-13-6-8-14(9-7-13)15(21)18-2/h6-9,19H,4-5,10-12H2,1-3H3,(H,18,21). The Hall–Kier alpha value is -1.88. The Morgan fingerprint density at radius 1 is 1.27 bits per heavy atom. The lowest BCUT2D eigenvalue weighted by Gasteiger charge is -2.36. The molecule has 1 aliphatic heterocycles. The van der Waals surface area contributed by atoms with Crippen molar-refractivity contribution in [2.24, 2.45) is 0 Å². The topological polar surface area (TPSA) is 61.4 Å². The van der Waals surface area contributed by atoms with Gasteiger partial charge in [-0.2, -0.15) is 0 Å². The first-order valence-corrected chi connectivity index (χ1v) is 7.78. The van der Waals surface area contributed by atoms with Crippen molar-refractivity contribution >= 4 is 11.8 Å². The van der Waals surface area contributed by atoms with Crippen molar-refractivity contribution in [1.82, 2.24) is 15.5 Å². The number of rotatable bonds is 4. The number of carbonyl (C=O) groups excluding carboxylic acids is 2. The van der Waals surface area contributed by atoms with Crippen LogP contribution in [0.2, 0.25) is 0 Å². The second-order valence-corrected chi connectivity index (χ2v) is 6.15. The van der Waals surface area contributed by atoms with E-state index >= 15 is 0 Å². The minimum absolute atomic E-state index is 0.102. The van der Waals surface area contributed by atoms with Crippen molar-refractivity contribution in [3.63, 3.8) is 0 Å². The highest BCUT2D eigenvalue weighted by Crippen LogP contribution is 2.21. The number of hydrogen-bond donors (Lipinski definition) is 2. The van der Waals surface area contributed by atoms with E-state index in [9.17, 15) is 9.59 Å². The van der Waals surface area contributed by atoms with Gasteiger partial charge < -0.3 is 15.5 Å². The van der Waals surface area contributed by atoms with Crippen molar-refractivity contribution < 1.29 is 9.59 Å². The van der Waals surface area contributed by atoms with Gasteiger partial charge >= 0.3 is 0 Å². The second kappa shape index (κ2) is 6.92. The van der Waals surface area contributed by atoms with Gasteiger partial charge in [-0.05, 0) is 50.4 Å². The van der Waals surface area contributed by atoms with Gasteiger partial charge in [-0.1, -0.05) is 12.1 Å². The molecule has 120 valence electrons. The Bertz CT molecular complexity index is 533. The van der Waals surface area contributed by atoms with Crippen LogP contribution in [-0.4, -0.2) is 42.9 Å². The van der Waals surface area contributed by atoms with Crippen LogP contribution in [0.15, 0.2) is 24.3 Å². The minimum atomic E-state index is -0.449. The van der Waals surface area contributed by atoms with Gasteiger partial charge in [-0.25, -0.2) is 0 Å². The van der Waals surface area contributed by atoms with Crippen LogP contribution in [-0.2, 0) is 11.3 Å². The van der Waals surface area contributed by atoms with Gasteiger partial charge in [0.05, 0.1) is 5.54 Å². The van der Waals surface area contributed by atoms with Gasteiger partial charge in [0.1, 0.15) is 0 Å². The Morgan fingerprint density at radius 3 is 2.50 bits per heavy atom. The average Bonchev–Trinajstić information content (AvgIpc) is 2.54. The molecule has 0 saturated carbocycles. The van der Waals surface area contributed by atoms with Crippen LogP contribution >= 0.6 is 0 Å². The van der Waals surface area contributed by atoms with Crippen molar-refractivity contribution in [1.29, 1.82) is 0 Å². The summed E-state index contributed by atoms with van der Waals surface area (Å²) in [7, 11) is 3.44. The zero-order chi connectivity index (χ0) is 16.2. The molecule has 1 aromatic rings.